The van der Waals surface area contributed by atoms with E-state index < -0.39 is 15.8 Å². The molecular weight excluding hydrogens is 397 g/mol. The van der Waals surface area contributed by atoms with Crippen molar-refractivity contribution in [1.29, 1.82) is 0 Å². The highest BCUT2D eigenvalue weighted by Gasteiger charge is 2.21. The van der Waals surface area contributed by atoms with Crippen LogP contribution in [0.4, 0.5) is 15.9 Å². The minimum Gasteiger partial charge on any atom is -0.383 e. The van der Waals surface area contributed by atoms with E-state index in [-0.39, 0.29) is 34.7 Å². The van der Waals surface area contributed by atoms with Crippen LogP contribution in [-0.4, -0.2) is 38.9 Å². The molecule has 1 aromatic heterocycles. The maximum atomic E-state index is 14.4. The number of anilines is 2. The number of hydrogen-bond acceptors (Lipinski definition) is 6. The SMILES string of the molecule is Nc1ncc(Cl)cc1S(=O)(=O)NCc1ccc(N2CCNC(=O)C2)c(F)c1. The zero-order valence-electron chi connectivity index (χ0n) is 14.1. The normalized spacial score (nSPS) is 14.9. The Labute approximate surface area is 160 Å². The summed E-state index contributed by atoms with van der Waals surface area (Å²) < 4.78 is 41.5. The van der Waals surface area contributed by atoms with Crippen molar-refractivity contribution in [2.24, 2.45) is 0 Å². The maximum absolute atomic E-state index is 14.4. The summed E-state index contributed by atoms with van der Waals surface area (Å²) in [5.74, 6) is -0.896. The van der Waals surface area contributed by atoms with Crippen molar-refractivity contribution >= 4 is 39.0 Å². The molecule has 0 spiro atoms. The number of nitrogens with one attached hydrogen (secondary N) is 2. The average molecular weight is 414 g/mol. The summed E-state index contributed by atoms with van der Waals surface area (Å²) in [6.07, 6.45) is 1.24. The molecule has 1 amide bonds. The van der Waals surface area contributed by atoms with Crippen LogP contribution in [0.3, 0.4) is 0 Å². The molecule has 0 saturated carbocycles. The fourth-order valence-electron chi connectivity index (χ4n) is 2.66. The summed E-state index contributed by atoms with van der Waals surface area (Å²) in [6, 6.07) is 5.53. The molecule has 0 aliphatic carbocycles. The lowest BCUT2D eigenvalue weighted by Crippen LogP contribution is -2.48. The third kappa shape index (κ3) is 4.46. The van der Waals surface area contributed by atoms with E-state index in [2.05, 4.69) is 15.0 Å². The van der Waals surface area contributed by atoms with Crippen molar-refractivity contribution in [1.82, 2.24) is 15.0 Å². The van der Waals surface area contributed by atoms with Crippen LogP contribution < -0.4 is 20.7 Å². The highest BCUT2D eigenvalue weighted by atomic mass is 35.5. The molecule has 1 aliphatic heterocycles. The fraction of sp³-hybridized carbons (Fsp3) is 0.250. The number of halogens is 2. The van der Waals surface area contributed by atoms with Gasteiger partial charge in [0.05, 0.1) is 17.3 Å². The van der Waals surface area contributed by atoms with Crippen molar-refractivity contribution in [2.45, 2.75) is 11.4 Å². The van der Waals surface area contributed by atoms with Gasteiger partial charge in [0, 0.05) is 25.8 Å². The summed E-state index contributed by atoms with van der Waals surface area (Å²) in [5.41, 5.74) is 6.30. The average Bonchev–Trinajstić information content (AvgIpc) is 2.62. The van der Waals surface area contributed by atoms with Gasteiger partial charge in [0.15, 0.2) is 0 Å². The van der Waals surface area contributed by atoms with Gasteiger partial charge in [0.1, 0.15) is 16.5 Å². The Kier molecular flexibility index (Phi) is 5.49. The molecule has 0 atom stereocenters. The van der Waals surface area contributed by atoms with Gasteiger partial charge in [-0.3, -0.25) is 4.79 Å². The Hall–Kier alpha value is -2.43. The van der Waals surface area contributed by atoms with Crippen LogP contribution in [0.25, 0.3) is 0 Å². The number of hydrogen-bond donors (Lipinski definition) is 3. The lowest BCUT2D eigenvalue weighted by molar-refractivity contribution is -0.120. The minimum absolute atomic E-state index is 0.0734. The quantitative estimate of drug-likeness (QED) is 0.669. The summed E-state index contributed by atoms with van der Waals surface area (Å²) in [5, 5.41) is 2.80. The second kappa shape index (κ2) is 7.67. The van der Waals surface area contributed by atoms with E-state index in [4.69, 9.17) is 17.3 Å². The number of rotatable bonds is 5. The molecule has 8 nitrogen and oxygen atoms in total. The van der Waals surface area contributed by atoms with Crippen LogP contribution in [0.1, 0.15) is 5.56 Å². The summed E-state index contributed by atoms with van der Waals surface area (Å²) in [7, 11) is -3.97. The first-order chi connectivity index (χ1) is 12.8. The van der Waals surface area contributed by atoms with Crippen LogP contribution >= 0.6 is 11.6 Å². The molecule has 3 rings (SSSR count). The molecule has 0 bridgehead atoms. The van der Waals surface area contributed by atoms with E-state index in [1.807, 2.05) is 0 Å². The molecular formula is C16H17ClFN5O3S. The van der Waals surface area contributed by atoms with Crippen molar-refractivity contribution in [3.8, 4) is 0 Å². The first kappa shape index (κ1) is 19.3. The maximum Gasteiger partial charge on any atom is 0.244 e. The molecule has 144 valence electrons. The largest absolute Gasteiger partial charge is 0.383 e. The van der Waals surface area contributed by atoms with Crippen molar-refractivity contribution in [2.75, 3.05) is 30.3 Å². The molecule has 2 heterocycles. The Bertz CT molecular complexity index is 986. The van der Waals surface area contributed by atoms with E-state index in [0.29, 0.717) is 24.3 Å². The zero-order valence-corrected chi connectivity index (χ0v) is 15.6. The second-order valence-electron chi connectivity index (χ2n) is 5.92. The number of carbonyl (C=O) groups excluding carboxylic acids is 1. The van der Waals surface area contributed by atoms with E-state index in [9.17, 15) is 17.6 Å². The number of nitrogens with zero attached hydrogens (tertiary/aromatic N) is 2. The number of sulfonamides is 1. The van der Waals surface area contributed by atoms with Gasteiger partial charge in [0.25, 0.3) is 0 Å². The molecule has 27 heavy (non-hydrogen) atoms. The van der Waals surface area contributed by atoms with Crippen molar-refractivity contribution in [3.63, 3.8) is 0 Å². The van der Waals surface area contributed by atoms with Gasteiger partial charge >= 0.3 is 0 Å². The van der Waals surface area contributed by atoms with Crippen LogP contribution in [-0.2, 0) is 21.4 Å². The molecule has 1 aromatic carbocycles. The van der Waals surface area contributed by atoms with Crippen LogP contribution in [0.5, 0.6) is 0 Å². The van der Waals surface area contributed by atoms with E-state index in [1.165, 1.54) is 24.4 Å². The number of carbonyl (C=O) groups is 1. The minimum atomic E-state index is -3.97. The smallest absolute Gasteiger partial charge is 0.244 e. The highest BCUT2D eigenvalue weighted by Crippen LogP contribution is 2.23. The van der Waals surface area contributed by atoms with E-state index >= 15 is 0 Å². The monoisotopic (exact) mass is 413 g/mol. The molecule has 0 unspecified atom stereocenters. The number of pyridine rings is 1. The van der Waals surface area contributed by atoms with Gasteiger partial charge in [0.2, 0.25) is 15.9 Å². The number of nitrogen functional groups attached to an aromatic ring is 1. The molecule has 1 saturated heterocycles. The number of piperazine rings is 1. The number of amides is 1. The standard InChI is InChI=1S/C16H17ClFN5O3S/c17-11-6-14(16(19)21-8-11)27(25,26)22-7-10-1-2-13(12(18)5-10)23-4-3-20-15(24)9-23/h1-2,5-6,8,22H,3-4,7,9H2,(H2,19,21)(H,20,24). The van der Waals surface area contributed by atoms with Gasteiger partial charge in [-0.1, -0.05) is 17.7 Å². The van der Waals surface area contributed by atoms with Gasteiger partial charge in [-0.25, -0.2) is 22.5 Å². The molecule has 11 heteroatoms. The van der Waals surface area contributed by atoms with Gasteiger partial charge in [-0.2, -0.15) is 0 Å². The fourth-order valence-corrected chi connectivity index (χ4v) is 4.01. The first-order valence-corrected chi connectivity index (χ1v) is 9.83. The Morgan fingerprint density at radius 1 is 1.37 bits per heavy atom. The van der Waals surface area contributed by atoms with Crippen LogP contribution in [0, 0.1) is 5.82 Å². The highest BCUT2D eigenvalue weighted by molar-refractivity contribution is 7.89. The topological polar surface area (TPSA) is 117 Å². The molecule has 4 N–H and O–H groups in total. The third-order valence-electron chi connectivity index (χ3n) is 4.00. The van der Waals surface area contributed by atoms with Crippen molar-refractivity contribution < 1.29 is 17.6 Å². The molecule has 2 aromatic rings. The lowest BCUT2D eigenvalue weighted by Gasteiger charge is -2.29. The number of benzene rings is 1. The predicted octanol–water partition coefficient (Wildman–Crippen LogP) is 0.871. The number of nitrogens with two attached hydrogens (primary N) is 1. The molecule has 0 radical (unpaired) electrons. The van der Waals surface area contributed by atoms with Crippen molar-refractivity contribution in [3.05, 3.63) is 46.9 Å². The number of aromatic nitrogens is 1. The van der Waals surface area contributed by atoms with Gasteiger partial charge in [-0.05, 0) is 23.8 Å². The summed E-state index contributed by atoms with van der Waals surface area (Å²) in [4.78, 5) is 16.5. The first-order valence-electron chi connectivity index (χ1n) is 7.97. The Morgan fingerprint density at radius 2 is 2.15 bits per heavy atom. The van der Waals surface area contributed by atoms with E-state index in [0.717, 1.165) is 0 Å². The summed E-state index contributed by atoms with van der Waals surface area (Å²) >= 11 is 5.77. The van der Waals surface area contributed by atoms with Gasteiger partial charge < -0.3 is 16.0 Å². The van der Waals surface area contributed by atoms with Gasteiger partial charge in [-0.15, -0.1) is 0 Å². The van der Waals surface area contributed by atoms with Crippen LogP contribution in [0.2, 0.25) is 5.02 Å². The predicted molar refractivity (Wildman–Crippen MR) is 99.3 cm³/mol. The van der Waals surface area contributed by atoms with Crippen LogP contribution in [0.15, 0.2) is 35.4 Å². The lowest BCUT2D eigenvalue weighted by atomic mass is 10.1. The molecule has 1 aliphatic rings. The third-order valence-corrected chi connectivity index (χ3v) is 5.63. The summed E-state index contributed by atoms with van der Waals surface area (Å²) in [6.45, 7) is 0.862. The zero-order chi connectivity index (χ0) is 19.6. The van der Waals surface area contributed by atoms with E-state index in [1.54, 1.807) is 11.0 Å². The Morgan fingerprint density at radius 3 is 2.85 bits per heavy atom. The second-order valence-corrected chi connectivity index (χ2v) is 8.09. The molecule has 1 fully saturated rings. The Balaban J connectivity index is 1.74.